The highest BCUT2D eigenvalue weighted by molar-refractivity contribution is 8.00. The molecule has 0 N–H and O–H groups in total. The van der Waals surface area contributed by atoms with Crippen molar-refractivity contribution in [2.24, 2.45) is 5.92 Å². The number of carbonyl (C=O) groups is 1. The van der Waals surface area contributed by atoms with Crippen molar-refractivity contribution in [2.75, 3.05) is 23.8 Å². The highest BCUT2D eigenvalue weighted by Gasteiger charge is 2.34. The van der Waals surface area contributed by atoms with Gasteiger partial charge in [0.25, 0.3) is 0 Å². The normalized spacial score (nSPS) is 23.6. The number of fused-ring (bicyclic) bond motifs is 3. The number of hydrogen-bond donors (Lipinski definition) is 0. The van der Waals surface area contributed by atoms with E-state index in [1.807, 2.05) is 6.92 Å². The van der Waals surface area contributed by atoms with Crippen LogP contribution in [0.1, 0.15) is 37.1 Å². The number of hydrogen-bond acceptors (Lipinski definition) is 7. The van der Waals surface area contributed by atoms with Gasteiger partial charge in [-0.05, 0) is 44.1 Å². The van der Waals surface area contributed by atoms with Gasteiger partial charge in [-0.1, -0.05) is 18.7 Å². The molecule has 0 aromatic carbocycles. The van der Waals surface area contributed by atoms with Crippen molar-refractivity contribution < 1.29 is 13.2 Å². The first-order chi connectivity index (χ1) is 13.4. The minimum atomic E-state index is -3.01. The van der Waals surface area contributed by atoms with E-state index in [2.05, 4.69) is 16.9 Å². The quantitative estimate of drug-likeness (QED) is 0.526. The van der Waals surface area contributed by atoms with E-state index < -0.39 is 9.84 Å². The summed E-state index contributed by atoms with van der Waals surface area (Å²) >= 11 is 3.21. The Morgan fingerprint density at radius 3 is 2.89 bits per heavy atom. The molecule has 1 aliphatic heterocycles. The maximum atomic E-state index is 12.8. The highest BCUT2D eigenvalue weighted by atomic mass is 32.2. The summed E-state index contributed by atoms with van der Waals surface area (Å²) in [6.07, 6.45) is 5.45. The molecule has 9 heteroatoms. The number of thiophene rings is 1. The van der Waals surface area contributed by atoms with Crippen LogP contribution in [0.4, 0.5) is 0 Å². The summed E-state index contributed by atoms with van der Waals surface area (Å²) in [5.41, 5.74) is 1.36. The van der Waals surface area contributed by atoms with E-state index in [0.29, 0.717) is 18.9 Å². The van der Waals surface area contributed by atoms with Crippen LogP contribution < -0.4 is 0 Å². The number of sulfone groups is 1. The number of aryl methyl sites for hydroxylation is 1. The second-order valence-corrected chi connectivity index (χ2v) is 12.0. The second kappa shape index (κ2) is 7.91. The highest BCUT2D eigenvalue weighted by Crippen LogP contribution is 2.40. The molecule has 0 saturated carbocycles. The van der Waals surface area contributed by atoms with Crippen LogP contribution in [0, 0.1) is 5.92 Å². The number of nitrogens with zero attached hydrogens (tertiary/aromatic N) is 3. The zero-order valence-electron chi connectivity index (χ0n) is 16.2. The van der Waals surface area contributed by atoms with Gasteiger partial charge in [-0.25, -0.2) is 18.4 Å². The van der Waals surface area contributed by atoms with Gasteiger partial charge in [0, 0.05) is 22.8 Å². The van der Waals surface area contributed by atoms with Crippen molar-refractivity contribution in [3.05, 3.63) is 16.8 Å². The zero-order valence-corrected chi connectivity index (χ0v) is 18.6. The number of aromatic nitrogens is 2. The fourth-order valence-corrected chi connectivity index (χ4v) is 8.29. The lowest BCUT2D eigenvalue weighted by Crippen LogP contribution is -2.41. The van der Waals surface area contributed by atoms with Gasteiger partial charge in [0.2, 0.25) is 5.91 Å². The average molecular weight is 440 g/mol. The lowest BCUT2D eigenvalue weighted by molar-refractivity contribution is -0.129. The predicted octanol–water partition coefficient (Wildman–Crippen LogP) is 2.94. The van der Waals surface area contributed by atoms with Crippen molar-refractivity contribution in [3.8, 4) is 0 Å². The minimum Gasteiger partial charge on any atom is -0.338 e. The van der Waals surface area contributed by atoms with Gasteiger partial charge >= 0.3 is 0 Å². The monoisotopic (exact) mass is 439 g/mol. The van der Waals surface area contributed by atoms with Gasteiger partial charge < -0.3 is 4.90 Å². The molecule has 0 radical (unpaired) electrons. The molecule has 2 atom stereocenters. The predicted molar refractivity (Wildman–Crippen MR) is 114 cm³/mol. The van der Waals surface area contributed by atoms with Crippen molar-refractivity contribution in [3.63, 3.8) is 0 Å². The van der Waals surface area contributed by atoms with Crippen LogP contribution >= 0.6 is 23.1 Å². The van der Waals surface area contributed by atoms with Gasteiger partial charge in [-0.15, -0.1) is 11.3 Å². The van der Waals surface area contributed by atoms with Crippen molar-refractivity contribution in [1.29, 1.82) is 0 Å². The van der Waals surface area contributed by atoms with Crippen LogP contribution in [0.2, 0.25) is 0 Å². The Balaban J connectivity index is 1.52. The molecule has 28 heavy (non-hydrogen) atoms. The second-order valence-electron chi connectivity index (χ2n) is 7.74. The Labute approximate surface area is 174 Å². The summed E-state index contributed by atoms with van der Waals surface area (Å²) < 4.78 is 23.6. The molecule has 0 bridgehead atoms. The molecule has 6 nitrogen and oxygen atoms in total. The Morgan fingerprint density at radius 2 is 2.18 bits per heavy atom. The van der Waals surface area contributed by atoms with Crippen LogP contribution in [0.15, 0.2) is 11.4 Å². The van der Waals surface area contributed by atoms with Crippen molar-refractivity contribution in [2.45, 2.75) is 50.6 Å². The molecule has 0 spiro atoms. The standard InChI is InChI=1S/C19H25N3O3S3/c1-3-22(13-6-7-28(24,25)10-13)16(23)9-26-18-17-14-5-4-12(2)8-15(14)27-19(17)21-11-20-18/h11-13H,3-10H2,1-2H3/t12-,13-/m1/s1. The molecule has 2 aromatic heterocycles. The van der Waals surface area contributed by atoms with E-state index in [1.165, 1.54) is 28.6 Å². The van der Waals surface area contributed by atoms with Gasteiger partial charge in [-0.3, -0.25) is 4.79 Å². The third-order valence-corrected chi connectivity index (χ3v) is 9.59. The largest absolute Gasteiger partial charge is 0.338 e. The lowest BCUT2D eigenvalue weighted by atomic mass is 9.89. The number of amides is 1. The first kappa shape index (κ1) is 20.1. The molecule has 1 saturated heterocycles. The molecular formula is C19H25N3O3S3. The summed E-state index contributed by atoms with van der Waals surface area (Å²) in [4.78, 5) is 25.9. The molecular weight excluding hydrogens is 414 g/mol. The van der Waals surface area contributed by atoms with Crippen LogP contribution in [-0.2, 0) is 27.5 Å². The molecule has 152 valence electrons. The first-order valence-electron chi connectivity index (χ1n) is 9.76. The Kier molecular flexibility index (Phi) is 5.68. The van der Waals surface area contributed by atoms with Gasteiger partial charge in [0.1, 0.15) is 16.2 Å². The third kappa shape index (κ3) is 3.93. The fraction of sp³-hybridized carbons (Fsp3) is 0.632. The van der Waals surface area contributed by atoms with E-state index in [0.717, 1.165) is 28.1 Å². The number of thioether (sulfide) groups is 1. The fourth-order valence-electron chi connectivity index (χ4n) is 4.23. The summed E-state index contributed by atoms with van der Waals surface area (Å²) in [6, 6.07) is -0.191. The van der Waals surface area contributed by atoms with E-state index in [9.17, 15) is 13.2 Å². The maximum absolute atomic E-state index is 12.8. The Bertz CT molecular complexity index is 1000. The molecule has 1 aliphatic carbocycles. The summed E-state index contributed by atoms with van der Waals surface area (Å²) in [7, 11) is -3.01. The molecule has 0 unspecified atom stereocenters. The van der Waals surface area contributed by atoms with Crippen LogP contribution in [0.25, 0.3) is 10.2 Å². The summed E-state index contributed by atoms with van der Waals surface area (Å²) in [5.74, 6) is 1.23. The number of rotatable bonds is 5. The smallest absolute Gasteiger partial charge is 0.233 e. The lowest BCUT2D eigenvalue weighted by Gasteiger charge is -2.26. The molecule has 4 rings (SSSR count). The van der Waals surface area contributed by atoms with E-state index in [1.54, 1.807) is 22.6 Å². The first-order valence-corrected chi connectivity index (χ1v) is 13.4. The van der Waals surface area contributed by atoms with Gasteiger partial charge in [0.05, 0.1) is 17.3 Å². The Morgan fingerprint density at radius 1 is 1.36 bits per heavy atom. The SMILES string of the molecule is CCN(C(=O)CSc1ncnc2sc3c(c12)CC[C@@H](C)C3)[C@@H]1CCS(=O)(=O)C1. The topological polar surface area (TPSA) is 80.2 Å². The van der Waals surface area contributed by atoms with Gasteiger partial charge in [0.15, 0.2) is 9.84 Å². The van der Waals surface area contributed by atoms with Crippen molar-refractivity contribution >= 4 is 49.1 Å². The molecule has 1 amide bonds. The van der Waals surface area contributed by atoms with E-state index in [4.69, 9.17) is 0 Å². The zero-order chi connectivity index (χ0) is 19.9. The minimum absolute atomic E-state index is 0.0147. The third-order valence-electron chi connectivity index (χ3n) is 5.70. The van der Waals surface area contributed by atoms with Gasteiger partial charge in [-0.2, -0.15) is 0 Å². The van der Waals surface area contributed by atoms with Crippen molar-refractivity contribution in [1.82, 2.24) is 14.9 Å². The molecule has 1 fully saturated rings. The molecule has 2 aromatic rings. The average Bonchev–Trinajstić information content (AvgIpc) is 3.19. The summed E-state index contributed by atoms with van der Waals surface area (Å²) in [6.45, 7) is 4.73. The van der Waals surface area contributed by atoms with Crippen LogP contribution in [0.5, 0.6) is 0 Å². The molecule has 3 heterocycles. The van der Waals surface area contributed by atoms with E-state index >= 15 is 0 Å². The van der Waals surface area contributed by atoms with Crippen LogP contribution in [-0.4, -0.2) is 59.0 Å². The van der Waals surface area contributed by atoms with E-state index in [-0.39, 0.29) is 29.2 Å². The Hall–Kier alpha value is -1.19. The maximum Gasteiger partial charge on any atom is 0.233 e. The van der Waals surface area contributed by atoms with Crippen LogP contribution in [0.3, 0.4) is 0 Å². The number of carbonyl (C=O) groups excluding carboxylic acids is 1. The summed E-state index contributed by atoms with van der Waals surface area (Å²) in [5, 5.41) is 2.00. The molecule has 2 aliphatic rings.